The fourth-order valence-electron chi connectivity index (χ4n) is 2.51. The lowest BCUT2D eigenvalue weighted by atomic mass is 10.2. The van der Waals surface area contributed by atoms with Crippen LogP contribution in [0.4, 0.5) is 0 Å². The van der Waals surface area contributed by atoms with E-state index < -0.39 is 0 Å². The second-order valence-electron chi connectivity index (χ2n) is 5.27. The minimum atomic E-state index is 1.03. The van der Waals surface area contributed by atoms with E-state index >= 15 is 0 Å². The van der Waals surface area contributed by atoms with E-state index in [1.54, 1.807) is 0 Å². The summed E-state index contributed by atoms with van der Waals surface area (Å²) >= 11 is 0. The average molecular weight is 244 g/mol. The van der Waals surface area contributed by atoms with Gasteiger partial charge in [-0.1, -0.05) is 6.07 Å². The summed E-state index contributed by atoms with van der Waals surface area (Å²) in [6.45, 7) is 7.79. The summed E-state index contributed by atoms with van der Waals surface area (Å²) < 4.78 is 1.99. The van der Waals surface area contributed by atoms with Gasteiger partial charge in [0.2, 0.25) is 0 Å². The summed E-state index contributed by atoms with van der Waals surface area (Å²) in [5.74, 6) is 0. The Morgan fingerprint density at radius 3 is 2.72 bits per heavy atom. The molecule has 2 aromatic rings. The summed E-state index contributed by atoms with van der Waals surface area (Å²) in [7, 11) is 2.19. The van der Waals surface area contributed by atoms with Gasteiger partial charge in [0.15, 0.2) is 0 Å². The maximum Gasteiger partial charge on any atom is 0.0690 e. The first-order chi connectivity index (χ1) is 8.72. The Balaban J connectivity index is 1.74. The number of hydrogen-bond donors (Lipinski definition) is 0. The predicted octanol–water partition coefficient (Wildman–Crippen LogP) is 1.39. The molecule has 3 heterocycles. The average Bonchev–Trinajstić information content (AvgIpc) is 2.74. The van der Waals surface area contributed by atoms with Crippen LogP contribution in [0.25, 0.3) is 5.52 Å². The van der Waals surface area contributed by atoms with Crippen molar-refractivity contribution in [2.45, 2.75) is 13.5 Å². The molecule has 0 saturated carbocycles. The molecular formula is C14H20N4. The number of nitrogens with zero attached hydrogens (tertiary/aromatic N) is 4. The summed E-state index contributed by atoms with van der Waals surface area (Å²) in [6, 6.07) is 4.40. The van der Waals surface area contributed by atoms with E-state index in [0.29, 0.717) is 0 Å². The number of rotatable bonds is 2. The maximum absolute atomic E-state index is 4.37. The first kappa shape index (κ1) is 11.7. The molecule has 0 radical (unpaired) electrons. The highest BCUT2D eigenvalue weighted by atomic mass is 15.2. The lowest BCUT2D eigenvalue weighted by Gasteiger charge is -2.32. The molecular weight excluding hydrogens is 224 g/mol. The zero-order valence-corrected chi connectivity index (χ0v) is 11.1. The van der Waals surface area contributed by atoms with Gasteiger partial charge in [0, 0.05) is 38.9 Å². The minimum absolute atomic E-state index is 1.03. The van der Waals surface area contributed by atoms with Gasteiger partial charge in [-0.3, -0.25) is 4.90 Å². The number of pyridine rings is 1. The second-order valence-corrected chi connectivity index (χ2v) is 5.27. The third-order valence-electron chi connectivity index (χ3n) is 3.77. The highest BCUT2D eigenvalue weighted by Gasteiger charge is 2.14. The fraction of sp³-hybridized carbons (Fsp3) is 0.500. The molecule has 18 heavy (non-hydrogen) atoms. The minimum Gasteiger partial charge on any atom is -0.304 e. The molecule has 0 unspecified atom stereocenters. The quantitative estimate of drug-likeness (QED) is 0.797. The van der Waals surface area contributed by atoms with Gasteiger partial charge in [-0.15, -0.1) is 0 Å². The Hall–Kier alpha value is -1.39. The highest BCUT2D eigenvalue weighted by molar-refractivity contribution is 5.53. The van der Waals surface area contributed by atoms with Gasteiger partial charge < -0.3 is 4.90 Å². The molecule has 0 atom stereocenters. The molecule has 1 saturated heterocycles. The molecule has 4 heteroatoms. The fourth-order valence-corrected chi connectivity index (χ4v) is 2.51. The zero-order valence-electron chi connectivity index (χ0n) is 11.1. The van der Waals surface area contributed by atoms with Crippen LogP contribution in [0.5, 0.6) is 0 Å². The van der Waals surface area contributed by atoms with Crippen LogP contribution in [0.15, 0.2) is 24.5 Å². The van der Waals surface area contributed by atoms with Crippen molar-refractivity contribution in [3.8, 4) is 0 Å². The monoisotopic (exact) mass is 244 g/mol. The number of fused-ring (bicyclic) bond motifs is 1. The Labute approximate surface area is 108 Å². The Kier molecular flexibility index (Phi) is 3.06. The van der Waals surface area contributed by atoms with Gasteiger partial charge in [0.05, 0.1) is 11.7 Å². The van der Waals surface area contributed by atoms with Gasteiger partial charge in [0.25, 0.3) is 0 Å². The number of hydrogen-bond acceptors (Lipinski definition) is 3. The SMILES string of the molecule is Cc1cnn2cc(CN3CCN(C)CC3)ccc12. The smallest absolute Gasteiger partial charge is 0.0690 e. The summed E-state index contributed by atoms with van der Waals surface area (Å²) in [6.07, 6.45) is 4.08. The molecule has 2 aromatic heterocycles. The van der Waals surface area contributed by atoms with Crippen LogP contribution in [0, 0.1) is 6.92 Å². The lowest BCUT2D eigenvalue weighted by Crippen LogP contribution is -2.43. The molecule has 1 aliphatic heterocycles. The Morgan fingerprint density at radius 2 is 1.94 bits per heavy atom. The van der Waals surface area contributed by atoms with E-state index in [-0.39, 0.29) is 0 Å². The van der Waals surface area contributed by atoms with Crippen molar-refractivity contribution < 1.29 is 0 Å². The molecule has 96 valence electrons. The van der Waals surface area contributed by atoms with Crippen LogP contribution in [0.3, 0.4) is 0 Å². The Bertz CT molecular complexity index is 538. The van der Waals surface area contributed by atoms with Crippen LogP contribution < -0.4 is 0 Å². The number of aromatic nitrogens is 2. The topological polar surface area (TPSA) is 23.8 Å². The van der Waals surface area contributed by atoms with Gasteiger partial charge in [-0.25, -0.2) is 4.52 Å². The number of aryl methyl sites for hydroxylation is 1. The molecule has 4 nitrogen and oxygen atoms in total. The van der Waals surface area contributed by atoms with Crippen molar-refractivity contribution in [3.05, 3.63) is 35.7 Å². The largest absolute Gasteiger partial charge is 0.304 e. The molecule has 0 aliphatic carbocycles. The normalized spacial score (nSPS) is 18.6. The van der Waals surface area contributed by atoms with Crippen LogP contribution in [0.1, 0.15) is 11.1 Å². The Morgan fingerprint density at radius 1 is 1.17 bits per heavy atom. The molecule has 1 fully saturated rings. The zero-order chi connectivity index (χ0) is 12.5. The molecule has 0 amide bonds. The van der Waals surface area contributed by atoms with Crippen molar-refractivity contribution in [2.75, 3.05) is 33.2 Å². The molecule has 0 spiro atoms. The van der Waals surface area contributed by atoms with Crippen molar-refractivity contribution in [2.24, 2.45) is 0 Å². The summed E-state index contributed by atoms with van der Waals surface area (Å²) in [5, 5.41) is 4.37. The maximum atomic E-state index is 4.37. The van der Waals surface area contributed by atoms with Gasteiger partial charge in [-0.05, 0) is 31.2 Å². The molecule has 1 aliphatic rings. The molecule has 0 bridgehead atoms. The lowest BCUT2D eigenvalue weighted by molar-refractivity contribution is 0.148. The van der Waals surface area contributed by atoms with Crippen molar-refractivity contribution in [1.29, 1.82) is 0 Å². The third kappa shape index (κ3) is 2.26. The van der Waals surface area contributed by atoms with E-state index in [1.165, 1.54) is 29.7 Å². The van der Waals surface area contributed by atoms with Gasteiger partial charge in [0.1, 0.15) is 0 Å². The van der Waals surface area contributed by atoms with E-state index in [2.05, 4.69) is 47.2 Å². The van der Waals surface area contributed by atoms with E-state index in [4.69, 9.17) is 0 Å². The predicted molar refractivity (Wildman–Crippen MR) is 72.7 cm³/mol. The molecule has 3 rings (SSSR count). The van der Waals surface area contributed by atoms with Crippen molar-refractivity contribution in [3.63, 3.8) is 0 Å². The molecule has 0 aromatic carbocycles. The number of likely N-dealkylation sites (N-methyl/N-ethyl adjacent to an activating group) is 1. The van der Waals surface area contributed by atoms with Crippen LogP contribution in [-0.4, -0.2) is 52.6 Å². The third-order valence-corrected chi connectivity index (χ3v) is 3.77. The van der Waals surface area contributed by atoms with Crippen LogP contribution in [-0.2, 0) is 6.54 Å². The highest BCUT2D eigenvalue weighted by Crippen LogP contribution is 2.13. The standard InChI is InChI=1S/C14H20N4/c1-12-9-15-18-11-13(3-4-14(12)18)10-17-7-5-16(2)6-8-17/h3-4,9,11H,5-8,10H2,1-2H3. The molecule has 0 N–H and O–H groups in total. The van der Waals surface area contributed by atoms with E-state index in [0.717, 1.165) is 19.6 Å². The van der Waals surface area contributed by atoms with E-state index in [1.807, 2.05) is 10.7 Å². The number of piperazine rings is 1. The summed E-state index contributed by atoms with van der Waals surface area (Å²) in [5.41, 5.74) is 3.79. The van der Waals surface area contributed by atoms with Crippen molar-refractivity contribution >= 4 is 5.52 Å². The first-order valence-electron chi connectivity index (χ1n) is 6.56. The first-order valence-corrected chi connectivity index (χ1v) is 6.56. The van der Waals surface area contributed by atoms with E-state index in [9.17, 15) is 0 Å². The summed E-state index contributed by atoms with van der Waals surface area (Å²) in [4.78, 5) is 4.90. The van der Waals surface area contributed by atoms with Crippen LogP contribution >= 0.6 is 0 Å². The van der Waals surface area contributed by atoms with Gasteiger partial charge in [-0.2, -0.15) is 5.10 Å². The van der Waals surface area contributed by atoms with Crippen LogP contribution in [0.2, 0.25) is 0 Å². The van der Waals surface area contributed by atoms with Gasteiger partial charge >= 0.3 is 0 Å². The van der Waals surface area contributed by atoms with Crippen molar-refractivity contribution in [1.82, 2.24) is 19.4 Å². The second kappa shape index (κ2) is 4.71.